The van der Waals surface area contributed by atoms with Crippen LogP contribution in [0.2, 0.25) is 0 Å². The van der Waals surface area contributed by atoms with E-state index in [4.69, 9.17) is 10.00 Å². The predicted molar refractivity (Wildman–Crippen MR) is 93.4 cm³/mol. The van der Waals surface area contributed by atoms with Crippen molar-refractivity contribution in [2.24, 2.45) is 0 Å². The maximum Gasteiger partial charge on any atom is 0.407 e. The van der Waals surface area contributed by atoms with Crippen molar-refractivity contribution < 1.29 is 9.53 Å². The number of hydrogen-bond acceptors (Lipinski definition) is 5. The summed E-state index contributed by atoms with van der Waals surface area (Å²) >= 11 is 1.58. The summed E-state index contributed by atoms with van der Waals surface area (Å²) in [6.45, 7) is 8.94. The van der Waals surface area contributed by atoms with Crippen molar-refractivity contribution in [2.75, 3.05) is 6.54 Å². The molecular formula is C17H27N3O2S. The molecule has 0 aliphatic carbocycles. The second-order valence-electron chi connectivity index (χ2n) is 6.52. The van der Waals surface area contributed by atoms with Gasteiger partial charge in [0.25, 0.3) is 0 Å². The fourth-order valence-electron chi connectivity index (χ4n) is 2.02. The van der Waals surface area contributed by atoms with E-state index in [0.717, 1.165) is 24.1 Å². The Kier molecular flexibility index (Phi) is 8.07. The lowest BCUT2D eigenvalue weighted by Gasteiger charge is -2.22. The lowest BCUT2D eigenvalue weighted by Crippen LogP contribution is -2.42. The maximum absolute atomic E-state index is 11.8. The van der Waals surface area contributed by atoms with Gasteiger partial charge >= 0.3 is 6.09 Å². The molecule has 1 aromatic rings. The summed E-state index contributed by atoms with van der Waals surface area (Å²) in [7, 11) is 0. The van der Waals surface area contributed by atoms with Crippen LogP contribution in [0.15, 0.2) is 11.4 Å². The number of hydrogen-bond donors (Lipinski definition) is 2. The first-order valence-corrected chi connectivity index (χ1v) is 8.89. The number of rotatable bonds is 8. The zero-order valence-corrected chi connectivity index (χ0v) is 15.3. The van der Waals surface area contributed by atoms with Crippen molar-refractivity contribution >= 4 is 17.4 Å². The first kappa shape index (κ1) is 19.5. The van der Waals surface area contributed by atoms with Crippen molar-refractivity contribution in [2.45, 2.75) is 65.1 Å². The van der Waals surface area contributed by atoms with Gasteiger partial charge in [-0.05, 0) is 33.3 Å². The number of nitrogens with zero attached hydrogens (tertiary/aromatic N) is 1. The molecule has 1 aromatic heterocycles. The average Bonchev–Trinajstić information content (AvgIpc) is 2.92. The van der Waals surface area contributed by atoms with Crippen LogP contribution in [0.5, 0.6) is 0 Å². The zero-order valence-electron chi connectivity index (χ0n) is 14.4. The van der Waals surface area contributed by atoms with Gasteiger partial charge in [0.15, 0.2) is 0 Å². The third kappa shape index (κ3) is 8.58. The Morgan fingerprint density at radius 2 is 2.22 bits per heavy atom. The van der Waals surface area contributed by atoms with Gasteiger partial charge in [-0.3, -0.25) is 0 Å². The van der Waals surface area contributed by atoms with Crippen LogP contribution in [0.4, 0.5) is 4.79 Å². The summed E-state index contributed by atoms with van der Waals surface area (Å²) in [5.74, 6) is 0. The second kappa shape index (κ2) is 9.53. The molecule has 128 valence electrons. The highest BCUT2D eigenvalue weighted by molar-refractivity contribution is 7.10. The molecule has 0 bridgehead atoms. The standard InChI is InChI=1S/C17H27N3O2S/c1-5-6-7-14(10-20-16(21)22-17(2,3)4)19-11-15-8-13(9-18)12-23-15/h8,12,14,19H,5-7,10-11H2,1-4H3,(H,20,21). The van der Waals surface area contributed by atoms with Gasteiger partial charge in [0.1, 0.15) is 11.7 Å². The summed E-state index contributed by atoms with van der Waals surface area (Å²) in [4.78, 5) is 12.9. The number of thiophene rings is 1. The topological polar surface area (TPSA) is 74.2 Å². The van der Waals surface area contributed by atoms with E-state index in [9.17, 15) is 4.79 Å². The van der Waals surface area contributed by atoms with Gasteiger partial charge < -0.3 is 15.4 Å². The molecule has 0 spiro atoms. The molecule has 1 amide bonds. The largest absolute Gasteiger partial charge is 0.444 e. The van der Waals surface area contributed by atoms with Crippen LogP contribution in [0.1, 0.15) is 57.4 Å². The smallest absolute Gasteiger partial charge is 0.407 e. The first-order chi connectivity index (χ1) is 10.8. The average molecular weight is 337 g/mol. The van der Waals surface area contributed by atoms with Crippen molar-refractivity contribution in [3.05, 3.63) is 21.9 Å². The summed E-state index contributed by atoms with van der Waals surface area (Å²) in [5, 5.41) is 17.0. The van der Waals surface area contributed by atoms with Gasteiger partial charge in [-0.15, -0.1) is 11.3 Å². The number of carbonyl (C=O) groups excluding carboxylic acids is 1. The Balaban J connectivity index is 2.45. The fourth-order valence-corrected chi connectivity index (χ4v) is 2.79. The molecule has 5 nitrogen and oxygen atoms in total. The van der Waals surface area contributed by atoms with Crippen LogP contribution in [0.25, 0.3) is 0 Å². The molecule has 1 unspecified atom stereocenters. The summed E-state index contributed by atoms with van der Waals surface area (Å²) in [6.07, 6.45) is 2.82. The Hall–Kier alpha value is -1.58. The summed E-state index contributed by atoms with van der Waals surface area (Å²) < 4.78 is 5.26. The van der Waals surface area contributed by atoms with Crippen molar-refractivity contribution in [3.8, 4) is 6.07 Å². The highest BCUT2D eigenvalue weighted by atomic mass is 32.1. The van der Waals surface area contributed by atoms with E-state index in [-0.39, 0.29) is 12.1 Å². The van der Waals surface area contributed by atoms with E-state index in [0.29, 0.717) is 18.7 Å². The molecule has 0 aromatic carbocycles. The summed E-state index contributed by atoms with van der Waals surface area (Å²) in [6, 6.07) is 4.23. The van der Waals surface area contributed by atoms with Gasteiger partial charge in [-0.25, -0.2) is 4.79 Å². The predicted octanol–water partition coefficient (Wildman–Crippen LogP) is 3.79. The molecule has 0 saturated heterocycles. The van der Waals surface area contributed by atoms with Crippen molar-refractivity contribution in [3.63, 3.8) is 0 Å². The molecule has 1 rings (SSSR count). The molecule has 0 aliphatic rings. The third-order valence-corrected chi connectivity index (χ3v) is 4.08. The first-order valence-electron chi connectivity index (χ1n) is 8.01. The highest BCUT2D eigenvalue weighted by Crippen LogP contribution is 2.14. The van der Waals surface area contributed by atoms with E-state index < -0.39 is 5.60 Å². The minimum atomic E-state index is -0.485. The van der Waals surface area contributed by atoms with Gasteiger partial charge in [0.2, 0.25) is 0 Å². The maximum atomic E-state index is 11.8. The van der Waals surface area contributed by atoms with Crippen LogP contribution in [0.3, 0.4) is 0 Å². The lowest BCUT2D eigenvalue weighted by molar-refractivity contribution is 0.0521. The van der Waals surface area contributed by atoms with Gasteiger partial charge in [-0.1, -0.05) is 19.8 Å². The number of ether oxygens (including phenoxy) is 1. The van der Waals surface area contributed by atoms with E-state index in [1.807, 2.05) is 32.2 Å². The van der Waals surface area contributed by atoms with E-state index in [1.54, 1.807) is 11.3 Å². The number of nitriles is 1. The number of alkyl carbamates (subject to hydrolysis) is 1. The Morgan fingerprint density at radius 1 is 1.48 bits per heavy atom. The quantitative estimate of drug-likeness (QED) is 0.757. The SMILES string of the molecule is CCCCC(CNC(=O)OC(C)(C)C)NCc1cc(C#N)cs1. The van der Waals surface area contributed by atoms with Gasteiger partial charge in [0.05, 0.1) is 5.56 Å². The molecule has 0 radical (unpaired) electrons. The number of unbranched alkanes of at least 4 members (excludes halogenated alkanes) is 1. The Labute approximate surface area is 143 Å². The Bertz CT molecular complexity index is 529. The monoisotopic (exact) mass is 337 g/mol. The number of amides is 1. The zero-order chi connectivity index (χ0) is 17.3. The van der Waals surface area contributed by atoms with Crippen LogP contribution < -0.4 is 10.6 Å². The van der Waals surface area contributed by atoms with Gasteiger partial charge in [0, 0.05) is 29.4 Å². The van der Waals surface area contributed by atoms with Crippen LogP contribution in [-0.4, -0.2) is 24.3 Å². The second-order valence-corrected chi connectivity index (χ2v) is 7.51. The van der Waals surface area contributed by atoms with Crippen molar-refractivity contribution in [1.82, 2.24) is 10.6 Å². The normalized spacial score (nSPS) is 12.5. The van der Waals surface area contributed by atoms with Crippen LogP contribution in [0, 0.1) is 11.3 Å². The fraction of sp³-hybridized carbons (Fsp3) is 0.647. The molecule has 0 fully saturated rings. The van der Waals surface area contributed by atoms with Crippen LogP contribution >= 0.6 is 11.3 Å². The number of carbonyl (C=O) groups is 1. The highest BCUT2D eigenvalue weighted by Gasteiger charge is 2.17. The third-order valence-electron chi connectivity index (χ3n) is 3.15. The van der Waals surface area contributed by atoms with E-state index in [1.165, 1.54) is 0 Å². The van der Waals surface area contributed by atoms with E-state index >= 15 is 0 Å². The molecule has 1 atom stereocenters. The van der Waals surface area contributed by atoms with Crippen LogP contribution in [-0.2, 0) is 11.3 Å². The summed E-state index contributed by atoms with van der Waals surface area (Å²) in [5.41, 5.74) is 0.213. The minimum absolute atomic E-state index is 0.190. The molecule has 23 heavy (non-hydrogen) atoms. The van der Waals surface area contributed by atoms with Crippen molar-refractivity contribution in [1.29, 1.82) is 5.26 Å². The molecule has 0 aliphatic heterocycles. The molecule has 6 heteroatoms. The molecule has 2 N–H and O–H groups in total. The lowest BCUT2D eigenvalue weighted by atomic mass is 10.1. The molecule has 1 heterocycles. The Morgan fingerprint density at radius 3 is 2.78 bits per heavy atom. The van der Waals surface area contributed by atoms with Gasteiger partial charge in [-0.2, -0.15) is 5.26 Å². The molecule has 0 saturated carbocycles. The van der Waals surface area contributed by atoms with E-state index in [2.05, 4.69) is 23.6 Å². The minimum Gasteiger partial charge on any atom is -0.444 e. The molecular weight excluding hydrogens is 310 g/mol. The number of nitrogens with one attached hydrogen (secondary N) is 2.